The van der Waals surface area contributed by atoms with Crippen LogP contribution in [0.1, 0.15) is 43.3 Å². The van der Waals surface area contributed by atoms with Gasteiger partial charge in [0.15, 0.2) is 17.3 Å². The van der Waals surface area contributed by atoms with E-state index >= 15 is 0 Å². The van der Waals surface area contributed by atoms with Crippen LogP contribution in [0.15, 0.2) is 41.0 Å². The fourth-order valence-corrected chi connectivity index (χ4v) is 2.99. The summed E-state index contributed by atoms with van der Waals surface area (Å²) in [5, 5.41) is 0. The van der Waals surface area contributed by atoms with E-state index in [0.717, 1.165) is 12.0 Å². The number of carbonyl (C=O) groups excluding carboxylic acids is 1. The lowest BCUT2D eigenvalue weighted by atomic mass is 10.1. The van der Waals surface area contributed by atoms with Crippen molar-refractivity contribution in [3.05, 3.63) is 47.9 Å². The smallest absolute Gasteiger partial charge is 0.309 e. The summed E-state index contributed by atoms with van der Waals surface area (Å²) in [5.74, 6) is 0.286. The molecule has 0 spiro atoms. The van der Waals surface area contributed by atoms with E-state index in [1.807, 2.05) is 13.8 Å². The predicted octanol–water partition coefficient (Wildman–Crippen LogP) is 3.46. The fourth-order valence-electron chi connectivity index (χ4n) is 2.47. The molecule has 0 bridgehead atoms. The second-order valence-corrected chi connectivity index (χ2v) is 7.94. The lowest BCUT2D eigenvalue weighted by Gasteiger charge is -2.28. The van der Waals surface area contributed by atoms with Crippen molar-refractivity contribution < 1.29 is 26.5 Å². The average Bonchev–Trinajstić information content (AvgIpc) is 3.19. The molecule has 2 aromatic rings. The lowest BCUT2D eigenvalue weighted by molar-refractivity contribution is 0.0638. The Labute approximate surface area is 160 Å². The van der Waals surface area contributed by atoms with E-state index in [-0.39, 0.29) is 35.8 Å². The number of nitrogens with zero attached hydrogens (tertiary/aromatic N) is 1. The largest absolute Gasteiger partial charge is 0.493 e. The van der Waals surface area contributed by atoms with Crippen LogP contribution in [-0.2, 0) is 16.7 Å². The first-order valence-corrected chi connectivity index (χ1v) is 10.3. The molecule has 0 aliphatic heterocycles. The maximum atomic E-state index is 12.8. The molecule has 1 amide bonds. The molecule has 2 rings (SSSR count). The van der Waals surface area contributed by atoms with Crippen LogP contribution < -0.4 is 8.92 Å². The minimum atomic E-state index is -3.70. The highest BCUT2D eigenvalue weighted by molar-refractivity contribution is 7.87. The van der Waals surface area contributed by atoms with Gasteiger partial charge in [0.05, 0.1) is 19.1 Å². The van der Waals surface area contributed by atoms with Gasteiger partial charge in [-0.3, -0.25) is 4.79 Å². The second-order valence-electron chi connectivity index (χ2n) is 6.08. The Morgan fingerprint density at radius 2 is 1.96 bits per heavy atom. The number of hydrogen-bond donors (Lipinski definition) is 0. The highest BCUT2D eigenvalue weighted by Gasteiger charge is 2.24. The molecule has 1 heterocycles. The zero-order chi connectivity index (χ0) is 20.0. The van der Waals surface area contributed by atoms with E-state index in [1.54, 1.807) is 35.2 Å². The van der Waals surface area contributed by atoms with Gasteiger partial charge in [-0.1, -0.05) is 13.0 Å². The third-order valence-electron chi connectivity index (χ3n) is 4.27. The molecule has 0 aliphatic rings. The van der Waals surface area contributed by atoms with Crippen molar-refractivity contribution in [3.63, 3.8) is 0 Å². The van der Waals surface area contributed by atoms with Crippen LogP contribution >= 0.6 is 0 Å². The Bertz CT molecular complexity index is 860. The monoisotopic (exact) mass is 395 g/mol. The van der Waals surface area contributed by atoms with Gasteiger partial charge in [0.25, 0.3) is 5.91 Å². The topological polar surface area (TPSA) is 86.0 Å². The summed E-state index contributed by atoms with van der Waals surface area (Å²) >= 11 is 0. The average molecular weight is 395 g/mol. The van der Waals surface area contributed by atoms with E-state index in [9.17, 15) is 13.2 Å². The Hall–Kier alpha value is -2.48. The number of rotatable bonds is 9. The maximum absolute atomic E-state index is 12.8. The summed E-state index contributed by atoms with van der Waals surface area (Å²) in [6.07, 6.45) is 2.22. The van der Waals surface area contributed by atoms with Gasteiger partial charge >= 0.3 is 10.1 Å². The van der Waals surface area contributed by atoms with Crippen molar-refractivity contribution in [2.75, 3.05) is 12.9 Å². The van der Waals surface area contributed by atoms with Crippen molar-refractivity contribution in [3.8, 4) is 11.5 Å². The minimum Gasteiger partial charge on any atom is -0.493 e. The maximum Gasteiger partial charge on any atom is 0.309 e. The van der Waals surface area contributed by atoms with Gasteiger partial charge in [-0.25, -0.2) is 0 Å². The normalized spacial score (nSPS) is 12.4. The predicted molar refractivity (Wildman–Crippen MR) is 101 cm³/mol. The van der Waals surface area contributed by atoms with Crippen LogP contribution in [0, 0.1) is 0 Å². The molecule has 27 heavy (non-hydrogen) atoms. The molecular formula is C19H25NO6S. The van der Waals surface area contributed by atoms with Crippen LogP contribution in [-0.4, -0.2) is 38.1 Å². The Morgan fingerprint density at radius 1 is 1.22 bits per heavy atom. The molecule has 0 unspecified atom stereocenters. The van der Waals surface area contributed by atoms with Gasteiger partial charge in [-0.05, 0) is 50.1 Å². The van der Waals surface area contributed by atoms with Gasteiger partial charge in [-0.15, -0.1) is 0 Å². The second kappa shape index (κ2) is 8.94. The molecule has 0 saturated carbocycles. The summed E-state index contributed by atoms with van der Waals surface area (Å²) in [5.41, 5.74) is 0.720. The number of benzene rings is 1. The summed E-state index contributed by atoms with van der Waals surface area (Å²) in [7, 11) is -2.26. The Kier molecular flexibility index (Phi) is 6.90. The van der Waals surface area contributed by atoms with Gasteiger partial charge in [0.1, 0.15) is 0 Å². The molecule has 0 fully saturated rings. The summed E-state index contributed by atoms with van der Waals surface area (Å²) in [6.45, 7) is 5.71. The van der Waals surface area contributed by atoms with Gasteiger partial charge in [-0.2, -0.15) is 8.42 Å². The van der Waals surface area contributed by atoms with Crippen LogP contribution in [0.2, 0.25) is 0 Å². The first-order chi connectivity index (χ1) is 12.8. The SMILES string of the molecule is CC[C@H](C)N(Cc1ccc(OC)c(OS(=O)(=O)CC)c1)C(=O)c1ccco1. The van der Waals surface area contributed by atoms with E-state index in [1.165, 1.54) is 20.3 Å². The highest BCUT2D eigenvalue weighted by Crippen LogP contribution is 2.30. The van der Waals surface area contributed by atoms with Crippen LogP contribution in [0.3, 0.4) is 0 Å². The first kappa shape index (κ1) is 20.8. The third kappa shape index (κ3) is 5.26. The molecule has 0 radical (unpaired) electrons. The Morgan fingerprint density at radius 3 is 2.52 bits per heavy atom. The van der Waals surface area contributed by atoms with E-state index in [2.05, 4.69) is 0 Å². The number of furan rings is 1. The molecule has 0 N–H and O–H groups in total. The van der Waals surface area contributed by atoms with E-state index in [0.29, 0.717) is 5.75 Å². The Balaban J connectivity index is 2.33. The van der Waals surface area contributed by atoms with Crippen molar-refractivity contribution in [2.45, 2.75) is 39.8 Å². The van der Waals surface area contributed by atoms with Gasteiger partial charge in [0, 0.05) is 12.6 Å². The molecule has 0 saturated heterocycles. The number of amides is 1. The first-order valence-electron chi connectivity index (χ1n) is 8.74. The van der Waals surface area contributed by atoms with Crippen molar-refractivity contribution in [1.29, 1.82) is 0 Å². The molecule has 8 heteroatoms. The molecule has 1 aromatic heterocycles. The quantitative estimate of drug-likeness (QED) is 0.605. The highest BCUT2D eigenvalue weighted by atomic mass is 32.2. The van der Waals surface area contributed by atoms with Crippen LogP contribution in [0.25, 0.3) is 0 Å². The fraction of sp³-hybridized carbons (Fsp3) is 0.421. The molecular weight excluding hydrogens is 370 g/mol. The standard InChI is InChI=1S/C19H25NO6S/c1-5-14(3)20(19(21)17-8-7-11-25-17)13-15-9-10-16(24-4)18(12-15)26-27(22,23)6-2/h7-12,14H,5-6,13H2,1-4H3/t14-/m0/s1. The minimum absolute atomic E-state index is 0.0338. The molecule has 148 valence electrons. The number of carbonyl (C=O) groups is 1. The van der Waals surface area contributed by atoms with Crippen molar-refractivity contribution in [2.24, 2.45) is 0 Å². The number of methoxy groups -OCH3 is 1. The van der Waals surface area contributed by atoms with E-state index < -0.39 is 10.1 Å². The summed E-state index contributed by atoms with van der Waals surface area (Å²) in [4.78, 5) is 14.5. The molecule has 7 nitrogen and oxygen atoms in total. The molecule has 1 aromatic carbocycles. The molecule has 1 atom stereocenters. The van der Waals surface area contributed by atoms with Crippen LogP contribution in [0.4, 0.5) is 0 Å². The zero-order valence-electron chi connectivity index (χ0n) is 16.0. The van der Waals surface area contributed by atoms with Gasteiger partial charge in [0.2, 0.25) is 0 Å². The summed E-state index contributed by atoms with van der Waals surface area (Å²) in [6, 6.07) is 8.23. The number of hydrogen-bond acceptors (Lipinski definition) is 6. The molecule has 0 aliphatic carbocycles. The third-order valence-corrected chi connectivity index (χ3v) is 5.41. The zero-order valence-corrected chi connectivity index (χ0v) is 16.8. The summed E-state index contributed by atoms with van der Waals surface area (Å²) < 4.78 is 39.2. The number of ether oxygens (including phenoxy) is 1. The lowest BCUT2D eigenvalue weighted by Crippen LogP contribution is -2.37. The van der Waals surface area contributed by atoms with Gasteiger partial charge < -0.3 is 18.2 Å². The van der Waals surface area contributed by atoms with Crippen molar-refractivity contribution in [1.82, 2.24) is 4.90 Å². The van der Waals surface area contributed by atoms with Crippen LogP contribution in [0.5, 0.6) is 11.5 Å². The van der Waals surface area contributed by atoms with E-state index in [4.69, 9.17) is 13.3 Å². The van der Waals surface area contributed by atoms with Crippen molar-refractivity contribution >= 4 is 16.0 Å².